The molecule has 118 valence electrons. The fraction of sp³-hybridized carbons (Fsp3) is 0.938. The number of likely N-dealkylation sites (tertiary alicyclic amines) is 1. The largest absolute Gasteiger partial charge is 0.389 e. The first-order valence-electron chi connectivity index (χ1n) is 7.67. The second-order valence-electron chi connectivity index (χ2n) is 7.95. The Morgan fingerprint density at radius 2 is 1.50 bits per heavy atom. The van der Waals surface area contributed by atoms with Gasteiger partial charge in [-0.2, -0.15) is 0 Å². The Hall–Kier alpha value is -0.770. The molecule has 4 heteroatoms. The van der Waals surface area contributed by atoms with Crippen LogP contribution in [-0.4, -0.2) is 32.7 Å². The van der Waals surface area contributed by atoms with Gasteiger partial charge in [0.2, 0.25) is 0 Å². The summed E-state index contributed by atoms with van der Waals surface area (Å²) in [6.45, 7) is 14.4. The molecule has 0 unspecified atom stereocenters. The van der Waals surface area contributed by atoms with Gasteiger partial charge >= 0.3 is 6.03 Å². The number of nitrogens with zero attached hydrogens (tertiary/aromatic N) is 1. The first kappa shape index (κ1) is 17.3. The molecule has 1 heterocycles. The van der Waals surface area contributed by atoms with Crippen molar-refractivity contribution in [1.29, 1.82) is 0 Å². The number of amides is 2. The van der Waals surface area contributed by atoms with Crippen LogP contribution in [0.5, 0.6) is 0 Å². The van der Waals surface area contributed by atoms with Gasteiger partial charge in [0, 0.05) is 11.1 Å². The van der Waals surface area contributed by atoms with Crippen LogP contribution in [-0.2, 0) is 0 Å². The van der Waals surface area contributed by atoms with Crippen molar-refractivity contribution < 1.29 is 9.90 Å². The van der Waals surface area contributed by atoms with Crippen molar-refractivity contribution in [2.45, 2.75) is 90.8 Å². The zero-order valence-corrected chi connectivity index (χ0v) is 14.2. The van der Waals surface area contributed by atoms with Gasteiger partial charge in [-0.25, -0.2) is 4.79 Å². The number of hydrogen-bond acceptors (Lipinski definition) is 2. The summed E-state index contributed by atoms with van der Waals surface area (Å²) < 4.78 is 0. The number of piperidine rings is 1. The average molecular weight is 284 g/mol. The first-order chi connectivity index (χ1) is 8.85. The third kappa shape index (κ3) is 2.54. The van der Waals surface area contributed by atoms with Crippen molar-refractivity contribution in [2.24, 2.45) is 11.1 Å². The lowest BCUT2D eigenvalue weighted by atomic mass is 9.58. The standard InChI is InChI=1S/C16H32N2O2/c1-8-15(7,9-2)16(20)10-13(3,4)18(12(17)19)14(5,6)11-16/h20H,8-11H2,1-7H3,(H2,17,19). The number of carbonyl (C=O) groups excluding carboxylic acids is 1. The molecule has 0 aromatic heterocycles. The van der Waals surface area contributed by atoms with Crippen LogP contribution in [0.3, 0.4) is 0 Å². The number of carbonyl (C=O) groups is 1. The van der Waals surface area contributed by atoms with E-state index in [9.17, 15) is 9.90 Å². The van der Waals surface area contributed by atoms with Gasteiger partial charge in [0.1, 0.15) is 0 Å². The number of urea groups is 1. The molecule has 2 amide bonds. The van der Waals surface area contributed by atoms with Gasteiger partial charge < -0.3 is 15.7 Å². The molecular weight excluding hydrogens is 252 g/mol. The molecule has 0 radical (unpaired) electrons. The van der Waals surface area contributed by atoms with E-state index in [2.05, 4.69) is 20.8 Å². The fourth-order valence-corrected chi connectivity index (χ4v) is 4.40. The highest BCUT2D eigenvalue weighted by Gasteiger charge is 2.58. The minimum Gasteiger partial charge on any atom is -0.389 e. The second-order valence-corrected chi connectivity index (χ2v) is 7.95. The number of rotatable bonds is 3. The molecule has 20 heavy (non-hydrogen) atoms. The summed E-state index contributed by atoms with van der Waals surface area (Å²) in [5.41, 5.74) is 3.76. The Morgan fingerprint density at radius 1 is 1.15 bits per heavy atom. The molecule has 0 bridgehead atoms. The molecule has 4 nitrogen and oxygen atoms in total. The summed E-state index contributed by atoms with van der Waals surface area (Å²) in [5.74, 6) is 0. The second kappa shape index (κ2) is 4.90. The smallest absolute Gasteiger partial charge is 0.315 e. The quantitative estimate of drug-likeness (QED) is 0.835. The minimum atomic E-state index is -0.782. The maximum Gasteiger partial charge on any atom is 0.315 e. The molecule has 1 saturated heterocycles. The number of nitrogens with two attached hydrogens (primary N) is 1. The van der Waals surface area contributed by atoms with Crippen molar-refractivity contribution in [3.05, 3.63) is 0 Å². The summed E-state index contributed by atoms with van der Waals surface area (Å²) in [7, 11) is 0. The summed E-state index contributed by atoms with van der Waals surface area (Å²) in [4.78, 5) is 13.6. The lowest BCUT2D eigenvalue weighted by molar-refractivity contribution is -0.174. The zero-order valence-electron chi connectivity index (χ0n) is 14.2. The van der Waals surface area contributed by atoms with Crippen LogP contribution in [0.4, 0.5) is 4.79 Å². The van der Waals surface area contributed by atoms with E-state index in [1.165, 1.54) is 0 Å². The van der Waals surface area contributed by atoms with Gasteiger partial charge in [0.05, 0.1) is 5.60 Å². The molecule has 1 fully saturated rings. The molecule has 1 aliphatic heterocycles. The molecule has 1 rings (SSSR count). The lowest BCUT2D eigenvalue weighted by Crippen LogP contribution is -2.70. The average Bonchev–Trinajstić information content (AvgIpc) is 2.22. The van der Waals surface area contributed by atoms with Crippen molar-refractivity contribution in [3.8, 4) is 0 Å². The highest BCUT2D eigenvalue weighted by molar-refractivity contribution is 5.74. The maximum atomic E-state index is 11.9. The van der Waals surface area contributed by atoms with Gasteiger partial charge in [0.25, 0.3) is 0 Å². The van der Waals surface area contributed by atoms with E-state index in [0.717, 1.165) is 12.8 Å². The summed E-state index contributed by atoms with van der Waals surface area (Å²) >= 11 is 0. The molecule has 1 aliphatic rings. The Kier molecular flexibility index (Phi) is 4.24. The van der Waals surface area contributed by atoms with E-state index in [1.54, 1.807) is 4.90 Å². The molecule has 0 aromatic rings. The molecule has 0 saturated carbocycles. The molecule has 0 aliphatic carbocycles. The highest BCUT2D eigenvalue weighted by atomic mass is 16.3. The Morgan fingerprint density at radius 3 is 1.75 bits per heavy atom. The maximum absolute atomic E-state index is 11.9. The van der Waals surface area contributed by atoms with Crippen molar-refractivity contribution in [2.75, 3.05) is 0 Å². The molecule has 3 N–H and O–H groups in total. The monoisotopic (exact) mass is 284 g/mol. The van der Waals surface area contributed by atoms with Crippen LogP contribution in [0.15, 0.2) is 0 Å². The van der Waals surface area contributed by atoms with E-state index in [0.29, 0.717) is 12.8 Å². The van der Waals surface area contributed by atoms with Crippen LogP contribution >= 0.6 is 0 Å². The van der Waals surface area contributed by atoms with E-state index in [-0.39, 0.29) is 5.41 Å². The number of primary amides is 1. The van der Waals surface area contributed by atoms with Crippen molar-refractivity contribution in [1.82, 2.24) is 4.90 Å². The van der Waals surface area contributed by atoms with Gasteiger partial charge in [0.15, 0.2) is 0 Å². The van der Waals surface area contributed by atoms with Gasteiger partial charge in [-0.3, -0.25) is 0 Å². The number of aliphatic hydroxyl groups is 1. The van der Waals surface area contributed by atoms with Gasteiger partial charge in [-0.15, -0.1) is 0 Å². The third-order valence-electron chi connectivity index (χ3n) is 5.57. The summed E-state index contributed by atoms with van der Waals surface area (Å²) in [5, 5.41) is 11.4. The predicted octanol–water partition coefficient (Wildman–Crippen LogP) is 3.28. The molecule has 0 atom stereocenters. The van der Waals surface area contributed by atoms with Gasteiger partial charge in [-0.1, -0.05) is 20.8 Å². The van der Waals surface area contributed by atoms with Crippen molar-refractivity contribution >= 4 is 6.03 Å². The normalized spacial score (nSPS) is 24.5. The van der Waals surface area contributed by atoms with Crippen LogP contribution in [0.2, 0.25) is 0 Å². The Labute approximate surface area is 123 Å². The van der Waals surface area contributed by atoms with Crippen LogP contribution in [0, 0.1) is 5.41 Å². The van der Waals surface area contributed by atoms with Crippen LogP contribution in [0.1, 0.15) is 74.1 Å². The third-order valence-corrected chi connectivity index (χ3v) is 5.57. The summed E-state index contributed by atoms with van der Waals surface area (Å²) in [6, 6.07) is -0.406. The molecule has 0 aromatic carbocycles. The summed E-state index contributed by atoms with van der Waals surface area (Å²) in [6.07, 6.45) is 2.96. The van der Waals surface area contributed by atoms with E-state index >= 15 is 0 Å². The highest BCUT2D eigenvalue weighted by Crippen LogP contribution is 2.53. The SMILES string of the molecule is CCC(C)(CC)C1(O)CC(C)(C)N(C(N)=O)C(C)(C)C1. The van der Waals surface area contributed by atoms with E-state index in [4.69, 9.17) is 5.73 Å². The lowest BCUT2D eigenvalue weighted by Gasteiger charge is -2.61. The van der Waals surface area contributed by atoms with E-state index in [1.807, 2.05) is 27.7 Å². The van der Waals surface area contributed by atoms with Crippen LogP contribution in [0.25, 0.3) is 0 Å². The zero-order chi connectivity index (χ0) is 16.0. The predicted molar refractivity (Wildman–Crippen MR) is 82.5 cm³/mol. The van der Waals surface area contributed by atoms with E-state index < -0.39 is 22.7 Å². The topological polar surface area (TPSA) is 66.6 Å². The van der Waals surface area contributed by atoms with Crippen LogP contribution < -0.4 is 5.73 Å². The minimum absolute atomic E-state index is 0.148. The molecule has 0 spiro atoms. The van der Waals surface area contributed by atoms with Crippen molar-refractivity contribution in [3.63, 3.8) is 0 Å². The Bertz CT molecular complexity index is 366. The first-order valence-corrected chi connectivity index (χ1v) is 7.67. The fourth-order valence-electron chi connectivity index (χ4n) is 4.40. The molecular formula is C16H32N2O2. The number of hydrogen-bond donors (Lipinski definition) is 2. The van der Waals surface area contributed by atoms with Gasteiger partial charge in [-0.05, 0) is 58.8 Å². The Balaban J connectivity index is 3.30.